The fourth-order valence-electron chi connectivity index (χ4n) is 2.32. The number of hydrogen-bond acceptors (Lipinski definition) is 3. The maximum Gasteiger partial charge on any atom is 0.304 e. The molecule has 0 fully saturated rings. The quantitative estimate of drug-likeness (QED) is 0.801. The predicted molar refractivity (Wildman–Crippen MR) is 99.4 cm³/mol. The third-order valence-electron chi connectivity index (χ3n) is 3.71. The van der Waals surface area contributed by atoms with Gasteiger partial charge in [-0.15, -0.1) is 0 Å². The number of rotatable bonds is 7. The molecule has 140 valence electrons. The third-order valence-corrected chi connectivity index (χ3v) is 5.53. The van der Waals surface area contributed by atoms with E-state index in [1.165, 1.54) is 26.2 Å². The molecule has 2 rings (SSSR count). The van der Waals surface area contributed by atoms with Gasteiger partial charge in [-0.1, -0.05) is 29.8 Å². The highest BCUT2D eigenvalue weighted by molar-refractivity contribution is 7.90. The molecule has 2 aromatic carbocycles. The molecule has 1 N–H and O–H groups in total. The summed E-state index contributed by atoms with van der Waals surface area (Å²) in [6.45, 7) is 1.84. The van der Waals surface area contributed by atoms with Crippen molar-refractivity contribution >= 4 is 21.8 Å². The molecule has 1 amide bonds. The molecular formula is C18H22FN3O3S. The lowest BCUT2D eigenvalue weighted by molar-refractivity contribution is -0.119. The number of carbonyl (C=O) groups is 1. The summed E-state index contributed by atoms with van der Waals surface area (Å²) in [5.74, 6) is -0.943. The Morgan fingerprint density at radius 1 is 1.12 bits per heavy atom. The molecule has 26 heavy (non-hydrogen) atoms. The number of anilines is 1. The highest BCUT2D eigenvalue weighted by Gasteiger charge is 2.27. The van der Waals surface area contributed by atoms with Crippen LogP contribution in [0.2, 0.25) is 0 Å². The number of nitrogens with one attached hydrogen (secondary N) is 1. The summed E-state index contributed by atoms with van der Waals surface area (Å²) >= 11 is 0. The van der Waals surface area contributed by atoms with Crippen molar-refractivity contribution in [2.75, 3.05) is 24.9 Å². The van der Waals surface area contributed by atoms with Gasteiger partial charge in [-0.3, -0.25) is 4.79 Å². The Hall–Kier alpha value is -2.45. The summed E-state index contributed by atoms with van der Waals surface area (Å²) in [6, 6.07) is 12.6. The zero-order chi connectivity index (χ0) is 19.3. The summed E-state index contributed by atoms with van der Waals surface area (Å²) in [7, 11) is -1.16. The van der Waals surface area contributed by atoms with Crippen LogP contribution in [0.15, 0.2) is 48.5 Å². The molecule has 0 bridgehead atoms. The van der Waals surface area contributed by atoms with E-state index in [0.29, 0.717) is 6.54 Å². The summed E-state index contributed by atoms with van der Waals surface area (Å²) < 4.78 is 40.2. The number of nitrogens with zero attached hydrogens (tertiary/aromatic N) is 2. The summed E-state index contributed by atoms with van der Waals surface area (Å²) in [5, 5.41) is 2.71. The molecular weight excluding hydrogens is 357 g/mol. The first-order valence-corrected chi connectivity index (χ1v) is 9.38. The second-order valence-corrected chi connectivity index (χ2v) is 8.11. The Labute approximate surface area is 153 Å². The maximum atomic E-state index is 13.2. The first-order chi connectivity index (χ1) is 12.2. The van der Waals surface area contributed by atoms with Crippen LogP contribution in [0.3, 0.4) is 0 Å². The minimum atomic E-state index is -3.91. The molecule has 0 aromatic heterocycles. The SMILES string of the molecule is Cc1cccc(CNC(=O)CN(c2ccc(F)cc2)S(=O)(=O)N(C)C)c1. The van der Waals surface area contributed by atoms with E-state index >= 15 is 0 Å². The minimum Gasteiger partial charge on any atom is -0.350 e. The average Bonchev–Trinajstić information content (AvgIpc) is 2.58. The van der Waals surface area contributed by atoms with Crippen LogP contribution in [-0.2, 0) is 21.5 Å². The summed E-state index contributed by atoms with van der Waals surface area (Å²) in [4.78, 5) is 12.3. The molecule has 0 radical (unpaired) electrons. The summed E-state index contributed by atoms with van der Waals surface area (Å²) in [5.41, 5.74) is 2.20. The smallest absolute Gasteiger partial charge is 0.304 e. The van der Waals surface area contributed by atoms with Gasteiger partial charge in [0, 0.05) is 20.6 Å². The molecule has 0 atom stereocenters. The highest BCUT2D eigenvalue weighted by atomic mass is 32.2. The van der Waals surface area contributed by atoms with Crippen LogP contribution >= 0.6 is 0 Å². The van der Waals surface area contributed by atoms with Crippen molar-refractivity contribution in [1.82, 2.24) is 9.62 Å². The van der Waals surface area contributed by atoms with Gasteiger partial charge in [0.15, 0.2) is 0 Å². The molecule has 0 aliphatic heterocycles. The Balaban J connectivity index is 2.15. The van der Waals surface area contributed by atoms with Crippen molar-refractivity contribution in [3.63, 3.8) is 0 Å². The van der Waals surface area contributed by atoms with Gasteiger partial charge in [-0.25, -0.2) is 8.70 Å². The van der Waals surface area contributed by atoms with Crippen LogP contribution < -0.4 is 9.62 Å². The molecule has 6 nitrogen and oxygen atoms in total. The number of hydrogen-bond donors (Lipinski definition) is 1. The fraction of sp³-hybridized carbons (Fsp3) is 0.278. The zero-order valence-corrected chi connectivity index (χ0v) is 15.8. The van der Waals surface area contributed by atoms with Crippen molar-refractivity contribution < 1.29 is 17.6 Å². The molecule has 0 unspecified atom stereocenters. The predicted octanol–water partition coefficient (Wildman–Crippen LogP) is 2.06. The van der Waals surface area contributed by atoms with Crippen LogP contribution in [0.5, 0.6) is 0 Å². The standard InChI is InChI=1S/C18H22FN3O3S/c1-14-5-4-6-15(11-14)12-20-18(23)13-22(26(24,25)21(2)3)17-9-7-16(19)8-10-17/h4-11H,12-13H2,1-3H3,(H,20,23). The van der Waals surface area contributed by atoms with Crippen molar-refractivity contribution in [2.45, 2.75) is 13.5 Å². The maximum absolute atomic E-state index is 13.2. The van der Waals surface area contributed by atoms with Gasteiger partial charge in [0.1, 0.15) is 12.4 Å². The minimum absolute atomic E-state index is 0.214. The second kappa shape index (κ2) is 8.29. The largest absolute Gasteiger partial charge is 0.350 e. The second-order valence-electron chi connectivity index (χ2n) is 6.04. The van der Waals surface area contributed by atoms with Gasteiger partial charge >= 0.3 is 10.2 Å². The fourth-order valence-corrected chi connectivity index (χ4v) is 3.38. The van der Waals surface area contributed by atoms with Gasteiger partial charge in [0.25, 0.3) is 0 Å². The Kier molecular flexibility index (Phi) is 6.33. The van der Waals surface area contributed by atoms with Gasteiger partial charge < -0.3 is 5.32 Å². The topological polar surface area (TPSA) is 69.7 Å². The molecule has 0 saturated heterocycles. The summed E-state index contributed by atoms with van der Waals surface area (Å²) in [6.07, 6.45) is 0. The Bertz CT molecular complexity index is 868. The number of amides is 1. The van der Waals surface area contributed by atoms with Crippen LogP contribution in [0.1, 0.15) is 11.1 Å². The molecule has 0 spiro atoms. The van der Waals surface area contributed by atoms with Gasteiger partial charge in [-0.05, 0) is 36.8 Å². The lowest BCUT2D eigenvalue weighted by Gasteiger charge is -2.26. The Morgan fingerprint density at radius 2 is 1.77 bits per heavy atom. The molecule has 2 aromatic rings. The van der Waals surface area contributed by atoms with Gasteiger partial charge in [0.2, 0.25) is 5.91 Å². The van der Waals surface area contributed by atoms with E-state index in [0.717, 1.165) is 31.9 Å². The number of halogens is 1. The van der Waals surface area contributed by atoms with Crippen molar-refractivity contribution in [3.8, 4) is 0 Å². The highest BCUT2D eigenvalue weighted by Crippen LogP contribution is 2.19. The van der Waals surface area contributed by atoms with E-state index in [1.807, 2.05) is 31.2 Å². The van der Waals surface area contributed by atoms with Gasteiger partial charge in [0.05, 0.1) is 5.69 Å². The van der Waals surface area contributed by atoms with Crippen molar-refractivity contribution in [3.05, 3.63) is 65.5 Å². The molecule has 0 heterocycles. The molecule has 0 saturated carbocycles. The van der Waals surface area contributed by atoms with Gasteiger partial charge in [-0.2, -0.15) is 12.7 Å². The van der Waals surface area contributed by atoms with Crippen LogP contribution in [0.25, 0.3) is 0 Å². The van der Waals surface area contributed by atoms with Crippen LogP contribution in [0, 0.1) is 12.7 Å². The molecule has 0 aliphatic rings. The monoisotopic (exact) mass is 379 g/mol. The van der Waals surface area contributed by atoms with Crippen molar-refractivity contribution in [1.29, 1.82) is 0 Å². The first-order valence-electron chi connectivity index (χ1n) is 7.98. The lowest BCUT2D eigenvalue weighted by atomic mass is 10.1. The number of aryl methyl sites for hydroxylation is 1. The number of carbonyl (C=O) groups excluding carboxylic acids is 1. The van der Waals surface area contributed by atoms with Crippen molar-refractivity contribution in [2.24, 2.45) is 0 Å². The number of benzene rings is 2. The van der Waals surface area contributed by atoms with E-state index < -0.39 is 28.5 Å². The van der Waals surface area contributed by atoms with E-state index in [4.69, 9.17) is 0 Å². The van der Waals surface area contributed by atoms with E-state index in [-0.39, 0.29) is 5.69 Å². The zero-order valence-electron chi connectivity index (χ0n) is 14.9. The average molecular weight is 379 g/mol. The first kappa shape index (κ1) is 19.9. The molecule has 0 aliphatic carbocycles. The lowest BCUT2D eigenvalue weighted by Crippen LogP contribution is -2.45. The Morgan fingerprint density at radius 3 is 2.35 bits per heavy atom. The van der Waals surface area contributed by atoms with Crippen LogP contribution in [-0.4, -0.2) is 39.3 Å². The third kappa shape index (κ3) is 5.03. The molecule has 8 heteroatoms. The normalized spacial score (nSPS) is 11.4. The van der Waals surface area contributed by atoms with E-state index in [1.54, 1.807) is 0 Å². The van der Waals surface area contributed by atoms with E-state index in [9.17, 15) is 17.6 Å². The van der Waals surface area contributed by atoms with Crippen LogP contribution in [0.4, 0.5) is 10.1 Å². The van der Waals surface area contributed by atoms with E-state index in [2.05, 4.69) is 5.32 Å².